The standard InChI is InChI=1S/C10H11BrFNO/c1-6-4-7(11)5-8(9(6)12)10(14)13(2)3/h4-5H,1-3H3. The Labute approximate surface area is 90.8 Å². The Balaban J connectivity index is 3.27. The van der Waals surface area contributed by atoms with Crippen LogP contribution in [0.15, 0.2) is 16.6 Å². The van der Waals surface area contributed by atoms with Crippen LogP contribution in [0.5, 0.6) is 0 Å². The number of hydrogen-bond donors (Lipinski definition) is 0. The lowest BCUT2D eigenvalue weighted by Gasteiger charge is -2.12. The lowest BCUT2D eigenvalue weighted by Crippen LogP contribution is -2.23. The van der Waals surface area contributed by atoms with Crippen LogP contribution in [0.1, 0.15) is 15.9 Å². The van der Waals surface area contributed by atoms with Crippen molar-refractivity contribution in [2.24, 2.45) is 0 Å². The SMILES string of the molecule is Cc1cc(Br)cc(C(=O)N(C)C)c1F. The summed E-state index contributed by atoms with van der Waals surface area (Å²) in [6.07, 6.45) is 0. The molecule has 4 heteroatoms. The van der Waals surface area contributed by atoms with E-state index >= 15 is 0 Å². The molecule has 2 nitrogen and oxygen atoms in total. The Morgan fingerprint density at radius 1 is 1.43 bits per heavy atom. The van der Waals surface area contributed by atoms with Crippen molar-refractivity contribution in [2.75, 3.05) is 14.1 Å². The third kappa shape index (κ3) is 2.12. The van der Waals surface area contributed by atoms with Crippen LogP contribution in [0.3, 0.4) is 0 Å². The van der Waals surface area contributed by atoms with Crippen LogP contribution in [0.4, 0.5) is 4.39 Å². The third-order valence-electron chi connectivity index (χ3n) is 1.86. The predicted molar refractivity (Wildman–Crippen MR) is 56.9 cm³/mol. The molecule has 0 N–H and O–H groups in total. The van der Waals surface area contributed by atoms with Crippen molar-refractivity contribution >= 4 is 21.8 Å². The van der Waals surface area contributed by atoms with Crippen molar-refractivity contribution in [1.29, 1.82) is 0 Å². The van der Waals surface area contributed by atoms with Gasteiger partial charge in [0.15, 0.2) is 0 Å². The molecule has 1 rings (SSSR count). The highest BCUT2D eigenvalue weighted by Gasteiger charge is 2.15. The van der Waals surface area contributed by atoms with Gasteiger partial charge < -0.3 is 4.90 Å². The predicted octanol–water partition coefficient (Wildman–Crippen LogP) is 2.60. The summed E-state index contributed by atoms with van der Waals surface area (Å²) in [6, 6.07) is 3.13. The molecule has 0 bridgehead atoms. The molecule has 0 heterocycles. The summed E-state index contributed by atoms with van der Waals surface area (Å²) in [6.45, 7) is 1.63. The lowest BCUT2D eigenvalue weighted by atomic mass is 10.1. The normalized spacial score (nSPS) is 10.1. The first-order valence-corrected chi connectivity index (χ1v) is 4.90. The van der Waals surface area contributed by atoms with Gasteiger partial charge in [-0.1, -0.05) is 15.9 Å². The fourth-order valence-electron chi connectivity index (χ4n) is 1.12. The summed E-state index contributed by atoms with van der Waals surface area (Å²) in [5.74, 6) is -0.779. The zero-order valence-electron chi connectivity index (χ0n) is 8.27. The highest BCUT2D eigenvalue weighted by molar-refractivity contribution is 9.10. The van der Waals surface area contributed by atoms with Crippen LogP contribution in [0, 0.1) is 12.7 Å². The molecule has 0 atom stereocenters. The van der Waals surface area contributed by atoms with Crippen LogP contribution in [0.25, 0.3) is 0 Å². The molecule has 0 aliphatic heterocycles. The molecule has 0 unspecified atom stereocenters. The minimum Gasteiger partial charge on any atom is -0.345 e. The van der Waals surface area contributed by atoms with E-state index < -0.39 is 5.82 Å². The van der Waals surface area contributed by atoms with Gasteiger partial charge in [-0.05, 0) is 24.6 Å². The Bertz CT molecular complexity index is 377. The number of hydrogen-bond acceptors (Lipinski definition) is 1. The van der Waals surface area contributed by atoms with Gasteiger partial charge >= 0.3 is 0 Å². The molecule has 1 aromatic carbocycles. The first-order chi connectivity index (χ1) is 6.43. The van der Waals surface area contributed by atoms with Crippen molar-refractivity contribution in [2.45, 2.75) is 6.92 Å². The van der Waals surface area contributed by atoms with Crippen molar-refractivity contribution in [1.82, 2.24) is 4.90 Å². The second-order valence-corrected chi connectivity index (χ2v) is 4.20. The monoisotopic (exact) mass is 259 g/mol. The third-order valence-corrected chi connectivity index (χ3v) is 2.31. The van der Waals surface area contributed by atoms with E-state index in [-0.39, 0.29) is 11.5 Å². The van der Waals surface area contributed by atoms with Gasteiger partial charge in [0.05, 0.1) is 5.56 Å². The van der Waals surface area contributed by atoms with Gasteiger partial charge in [-0.2, -0.15) is 0 Å². The van der Waals surface area contributed by atoms with Gasteiger partial charge in [-0.15, -0.1) is 0 Å². The van der Waals surface area contributed by atoms with Gasteiger partial charge in [0.25, 0.3) is 5.91 Å². The first-order valence-electron chi connectivity index (χ1n) is 4.10. The molecule has 0 saturated heterocycles. The van der Waals surface area contributed by atoms with Crippen LogP contribution in [-0.4, -0.2) is 24.9 Å². The largest absolute Gasteiger partial charge is 0.345 e. The minimum absolute atomic E-state index is 0.0990. The molecular weight excluding hydrogens is 249 g/mol. The maximum atomic E-state index is 13.5. The number of benzene rings is 1. The Kier molecular flexibility index (Phi) is 3.26. The average molecular weight is 260 g/mol. The maximum Gasteiger partial charge on any atom is 0.256 e. The molecule has 0 saturated carbocycles. The average Bonchev–Trinajstić information content (AvgIpc) is 2.09. The maximum absolute atomic E-state index is 13.5. The van der Waals surface area contributed by atoms with Crippen LogP contribution >= 0.6 is 15.9 Å². The fraction of sp³-hybridized carbons (Fsp3) is 0.300. The Morgan fingerprint density at radius 2 is 2.00 bits per heavy atom. The van der Waals surface area contributed by atoms with Crippen LogP contribution < -0.4 is 0 Å². The van der Waals surface area contributed by atoms with E-state index in [0.29, 0.717) is 10.0 Å². The second-order valence-electron chi connectivity index (χ2n) is 3.28. The van der Waals surface area contributed by atoms with Gasteiger partial charge in [0.2, 0.25) is 0 Å². The zero-order chi connectivity index (χ0) is 10.9. The quantitative estimate of drug-likeness (QED) is 0.760. The van der Waals surface area contributed by atoms with Gasteiger partial charge in [0.1, 0.15) is 5.82 Å². The van der Waals surface area contributed by atoms with E-state index in [2.05, 4.69) is 15.9 Å². The van der Waals surface area contributed by atoms with E-state index in [4.69, 9.17) is 0 Å². The molecule has 0 fully saturated rings. The summed E-state index contributed by atoms with van der Waals surface area (Å²) >= 11 is 3.23. The molecule has 1 amide bonds. The number of rotatable bonds is 1. The molecular formula is C10H11BrFNO. The number of nitrogens with zero attached hydrogens (tertiary/aromatic N) is 1. The summed E-state index contributed by atoms with van der Waals surface area (Å²) < 4.78 is 14.2. The molecule has 14 heavy (non-hydrogen) atoms. The van der Waals surface area contributed by atoms with Crippen molar-refractivity contribution in [3.8, 4) is 0 Å². The van der Waals surface area contributed by atoms with Crippen LogP contribution in [0.2, 0.25) is 0 Å². The van der Waals surface area contributed by atoms with E-state index in [9.17, 15) is 9.18 Å². The molecule has 0 aromatic heterocycles. The summed E-state index contributed by atoms with van der Waals surface area (Å²) in [4.78, 5) is 12.9. The van der Waals surface area contributed by atoms with Gasteiger partial charge in [-0.25, -0.2) is 4.39 Å². The first kappa shape index (κ1) is 11.2. The highest BCUT2D eigenvalue weighted by Crippen LogP contribution is 2.20. The Hall–Kier alpha value is -0.900. The van der Waals surface area contributed by atoms with E-state index in [0.717, 1.165) is 0 Å². The number of aryl methyl sites for hydroxylation is 1. The summed E-state index contributed by atoms with van der Waals surface area (Å²) in [7, 11) is 3.19. The molecule has 0 radical (unpaired) electrons. The minimum atomic E-state index is -0.452. The summed E-state index contributed by atoms with van der Waals surface area (Å²) in [5, 5.41) is 0. The Morgan fingerprint density at radius 3 is 2.50 bits per heavy atom. The number of amides is 1. The van der Waals surface area contributed by atoms with Gasteiger partial charge in [0, 0.05) is 18.6 Å². The van der Waals surface area contributed by atoms with Gasteiger partial charge in [-0.3, -0.25) is 4.79 Å². The van der Waals surface area contributed by atoms with E-state index in [1.807, 2.05) is 0 Å². The van der Waals surface area contributed by atoms with Crippen molar-refractivity contribution < 1.29 is 9.18 Å². The summed E-state index contributed by atoms with van der Waals surface area (Å²) in [5.41, 5.74) is 0.562. The van der Waals surface area contributed by atoms with E-state index in [1.54, 1.807) is 27.1 Å². The lowest BCUT2D eigenvalue weighted by molar-refractivity contribution is 0.0823. The van der Waals surface area contributed by atoms with Crippen molar-refractivity contribution in [3.05, 3.63) is 33.5 Å². The molecule has 0 spiro atoms. The highest BCUT2D eigenvalue weighted by atomic mass is 79.9. The van der Waals surface area contributed by atoms with E-state index in [1.165, 1.54) is 11.0 Å². The van der Waals surface area contributed by atoms with Crippen LogP contribution in [-0.2, 0) is 0 Å². The number of carbonyl (C=O) groups excluding carboxylic acids is 1. The molecule has 0 aliphatic carbocycles. The number of carbonyl (C=O) groups is 1. The fourth-order valence-corrected chi connectivity index (χ4v) is 1.69. The molecule has 0 aliphatic rings. The molecule has 1 aromatic rings. The zero-order valence-corrected chi connectivity index (χ0v) is 9.85. The smallest absolute Gasteiger partial charge is 0.256 e. The molecule has 76 valence electrons. The topological polar surface area (TPSA) is 20.3 Å². The van der Waals surface area contributed by atoms with Crippen molar-refractivity contribution in [3.63, 3.8) is 0 Å². The number of halogens is 2. The second kappa shape index (κ2) is 4.09.